The van der Waals surface area contributed by atoms with Gasteiger partial charge in [0.15, 0.2) is 0 Å². The van der Waals surface area contributed by atoms with E-state index < -0.39 is 0 Å². The average molecular weight is 336 g/mol. The first-order valence-electron chi connectivity index (χ1n) is 9.52. The van der Waals surface area contributed by atoms with Crippen molar-refractivity contribution >= 4 is 10.8 Å². The minimum atomic E-state index is 1.04. The Morgan fingerprint density at radius 3 is 1.46 bits per heavy atom. The topological polar surface area (TPSA) is 0 Å². The van der Waals surface area contributed by atoms with Crippen molar-refractivity contribution in [1.29, 1.82) is 0 Å². The van der Waals surface area contributed by atoms with Gasteiger partial charge < -0.3 is 0 Å². The number of fused-ring (bicyclic) bond motifs is 1. The minimum absolute atomic E-state index is 1.04. The van der Waals surface area contributed by atoms with Crippen LogP contribution in [0.2, 0.25) is 0 Å². The molecular formula is C26H24. The maximum Gasteiger partial charge on any atom is -0.00238 e. The molecule has 4 aromatic rings. The van der Waals surface area contributed by atoms with Gasteiger partial charge in [-0.1, -0.05) is 98.8 Å². The molecule has 26 heavy (non-hydrogen) atoms. The van der Waals surface area contributed by atoms with Gasteiger partial charge in [-0.3, -0.25) is 0 Å². The number of aryl methyl sites for hydroxylation is 1. The van der Waals surface area contributed by atoms with Crippen LogP contribution in [0.4, 0.5) is 0 Å². The van der Waals surface area contributed by atoms with E-state index >= 15 is 0 Å². The van der Waals surface area contributed by atoms with Gasteiger partial charge >= 0.3 is 0 Å². The summed E-state index contributed by atoms with van der Waals surface area (Å²) in [5.41, 5.74) is 8.33. The van der Waals surface area contributed by atoms with Crippen LogP contribution in [-0.2, 0) is 12.8 Å². The molecule has 0 aliphatic carbocycles. The van der Waals surface area contributed by atoms with Gasteiger partial charge in [0, 0.05) is 0 Å². The molecule has 0 aliphatic heterocycles. The molecule has 0 atom stereocenters. The van der Waals surface area contributed by atoms with E-state index in [1.54, 1.807) is 0 Å². The molecule has 0 nitrogen and oxygen atoms in total. The van der Waals surface area contributed by atoms with Crippen LogP contribution < -0.4 is 0 Å². The molecule has 0 saturated carbocycles. The summed E-state index contributed by atoms with van der Waals surface area (Å²) in [6.45, 7) is 4.56. The summed E-state index contributed by atoms with van der Waals surface area (Å²) in [5, 5.41) is 2.75. The van der Waals surface area contributed by atoms with Crippen LogP contribution in [0.15, 0.2) is 84.9 Å². The predicted molar refractivity (Wildman–Crippen MR) is 114 cm³/mol. The van der Waals surface area contributed by atoms with Gasteiger partial charge in [-0.2, -0.15) is 0 Å². The summed E-state index contributed by atoms with van der Waals surface area (Å²) in [5.74, 6) is 0. The summed E-state index contributed by atoms with van der Waals surface area (Å²) >= 11 is 0. The first-order chi connectivity index (χ1) is 12.8. The molecule has 0 aliphatic rings. The van der Waals surface area contributed by atoms with Crippen LogP contribution in [0.3, 0.4) is 0 Å². The lowest BCUT2D eigenvalue weighted by Crippen LogP contribution is -2.01. The molecule has 0 N–H and O–H groups in total. The number of hydrogen-bond donors (Lipinski definition) is 0. The Morgan fingerprint density at radius 1 is 0.462 bits per heavy atom. The Kier molecular flexibility index (Phi) is 4.58. The SMILES string of the molecule is CCc1c(-c2ccccc2)c(-c2ccccc2)c2ccccc2c1CC. The third-order valence-corrected chi connectivity index (χ3v) is 5.27. The highest BCUT2D eigenvalue weighted by molar-refractivity contribution is 6.07. The van der Waals surface area contributed by atoms with Crippen LogP contribution in [0.5, 0.6) is 0 Å². The van der Waals surface area contributed by atoms with E-state index in [1.807, 2.05) is 0 Å². The Hall–Kier alpha value is -2.86. The molecule has 0 saturated heterocycles. The zero-order valence-electron chi connectivity index (χ0n) is 15.5. The Labute approximate surface area is 156 Å². The van der Waals surface area contributed by atoms with Crippen molar-refractivity contribution in [3.05, 3.63) is 96.1 Å². The highest BCUT2D eigenvalue weighted by Gasteiger charge is 2.19. The third kappa shape index (κ3) is 2.72. The predicted octanol–water partition coefficient (Wildman–Crippen LogP) is 7.30. The van der Waals surface area contributed by atoms with E-state index in [4.69, 9.17) is 0 Å². The zero-order chi connectivity index (χ0) is 17.9. The second-order valence-electron chi connectivity index (χ2n) is 6.69. The highest BCUT2D eigenvalue weighted by Crippen LogP contribution is 2.43. The summed E-state index contributed by atoms with van der Waals surface area (Å²) in [6.07, 6.45) is 2.09. The monoisotopic (exact) mass is 336 g/mol. The third-order valence-electron chi connectivity index (χ3n) is 5.27. The lowest BCUT2D eigenvalue weighted by molar-refractivity contribution is 1.05. The van der Waals surface area contributed by atoms with Crippen molar-refractivity contribution in [2.45, 2.75) is 26.7 Å². The fourth-order valence-corrected chi connectivity index (χ4v) is 4.19. The minimum Gasteiger partial charge on any atom is -0.0622 e. The maximum atomic E-state index is 2.29. The Morgan fingerprint density at radius 2 is 0.923 bits per heavy atom. The van der Waals surface area contributed by atoms with Crippen LogP contribution in [-0.4, -0.2) is 0 Å². The summed E-state index contributed by atoms with van der Waals surface area (Å²) in [4.78, 5) is 0. The zero-order valence-corrected chi connectivity index (χ0v) is 15.5. The molecule has 0 heterocycles. The second kappa shape index (κ2) is 7.17. The molecule has 4 aromatic carbocycles. The number of benzene rings is 4. The van der Waals surface area contributed by atoms with Crippen LogP contribution in [0.25, 0.3) is 33.0 Å². The fraction of sp³-hybridized carbons (Fsp3) is 0.154. The van der Waals surface area contributed by atoms with Gasteiger partial charge in [0.2, 0.25) is 0 Å². The lowest BCUT2D eigenvalue weighted by atomic mass is 9.81. The molecule has 0 unspecified atom stereocenters. The quantitative estimate of drug-likeness (QED) is 0.367. The first-order valence-corrected chi connectivity index (χ1v) is 9.52. The smallest absolute Gasteiger partial charge is 0.00238 e. The van der Waals surface area contributed by atoms with Crippen molar-refractivity contribution in [3.8, 4) is 22.3 Å². The molecule has 0 aromatic heterocycles. The first kappa shape index (κ1) is 16.6. The molecule has 0 fully saturated rings. The molecule has 0 heteroatoms. The van der Waals surface area contributed by atoms with Crippen molar-refractivity contribution in [3.63, 3.8) is 0 Å². The maximum absolute atomic E-state index is 2.29. The number of rotatable bonds is 4. The average Bonchev–Trinajstić information content (AvgIpc) is 2.73. The van der Waals surface area contributed by atoms with Gasteiger partial charge in [0.25, 0.3) is 0 Å². The van der Waals surface area contributed by atoms with E-state index in [1.165, 1.54) is 44.2 Å². The summed E-state index contributed by atoms with van der Waals surface area (Å²) < 4.78 is 0. The van der Waals surface area contributed by atoms with E-state index in [-0.39, 0.29) is 0 Å². The molecule has 128 valence electrons. The number of hydrogen-bond acceptors (Lipinski definition) is 0. The van der Waals surface area contributed by atoms with Crippen molar-refractivity contribution in [1.82, 2.24) is 0 Å². The van der Waals surface area contributed by atoms with Gasteiger partial charge in [-0.25, -0.2) is 0 Å². The van der Waals surface area contributed by atoms with Gasteiger partial charge in [0.1, 0.15) is 0 Å². The van der Waals surface area contributed by atoms with Gasteiger partial charge in [0.05, 0.1) is 0 Å². The van der Waals surface area contributed by atoms with E-state index in [0.29, 0.717) is 0 Å². The highest BCUT2D eigenvalue weighted by atomic mass is 14.2. The van der Waals surface area contributed by atoms with Crippen LogP contribution >= 0.6 is 0 Å². The second-order valence-corrected chi connectivity index (χ2v) is 6.69. The molecule has 0 radical (unpaired) electrons. The van der Waals surface area contributed by atoms with Crippen molar-refractivity contribution < 1.29 is 0 Å². The molecule has 0 spiro atoms. The van der Waals surface area contributed by atoms with E-state index in [0.717, 1.165) is 12.8 Å². The fourth-order valence-electron chi connectivity index (χ4n) is 4.19. The van der Waals surface area contributed by atoms with Gasteiger partial charge in [-0.15, -0.1) is 0 Å². The van der Waals surface area contributed by atoms with E-state index in [2.05, 4.69) is 98.8 Å². The molecular weight excluding hydrogens is 312 g/mol. The molecule has 0 bridgehead atoms. The van der Waals surface area contributed by atoms with Gasteiger partial charge in [-0.05, 0) is 57.0 Å². The van der Waals surface area contributed by atoms with Crippen molar-refractivity contribution in [2.24, 2.45) is 0 Å². The lowest BCUT2D eigenvalue weighted by Gasteiger charge is -2.22. The molecule has 0 amide bonds. The van der Waals surface area contributed by atoms with Crippen LogP contribution in [0.1, 0.15) is 25.0 Å². The van der Waals surface area contributed by atoms with Crippen molar-refractivity contribution in [2.75, 3.05) is 0 Å². The standard InChI is InChI=1S/C26H24/c1-3-21-22(4-2)25(19-13-7-5-8-14-19)26(20-15-9-6-10-16-20)24-18-12-11-17-23(21)24/h5-18H,3-4H2,1-2H3. The van der Waals surface area contributed by atoms with E-state index in [9.17, 15) is 0 Å². The normalized spacial score (nSPS) is 11.0. The largest absolute Gasteiger partial charge is 0.0622 e. The Bertz CT molecular complexity index is 1030. The van der Waals surface area contributed by atoms with Crippen LogP contribution in [0, 0.1) is 0 Å². The summed E-state index contributed by atoms with van der Waals surface area (Å²) in [7, 11) is 0. The summed E-state index contributed by atoms with van der Waals surface area (Å²) in [6, 6.07) is 30.6. The Balaban J connectivity index is 2.23. The molecule has 4 rings (SSSR count).